The summed E-state index contributed by atoms with van der Waals surface area (Å²) in [7, 11) is 1.82. The summed E-state index contributed by atoms with van der Waals surface area (Å²) >= 11 is 0. The van der Waals surface area contributed by atoms with Crippen LogP contribution in [0, 0.1) is 6.92 Å². The van der Waals surface area contributed by atoms with Gasteiger partial charge in [0.05, 0.1) is 12.2 Å². The molecule has 0 aliphatic carbocycles. The number of hydrogen-bond donors (Lipinski definition) is 2. The number of pyridine rings is 1. The summed E-state index contributed by atoms with van der Waals surface area (Å²) in [6.45, 7) is 27.0. The van der Waals surface area contributed by atoms with Crippen LogP contribution in [0.15, 0.2) is 108 Å². The molecule has 49 heavy (non-hydrogen) atoms. The van der Waals surface area contributed by atoms with Gasteiger partial charge in [-0.15, -0.1) is 0 Å². The first kappa shape index (κ1) is 40.7. The molecule has 264 valence electrons. The fourth-order valence-corrected chi connectivity index (χ4v) is 5.36. The zero-order valence-electron chi connectivity index (χ0n) is 31.5. The smallest absolute Gasteiger partial charge is 0.132 e. The van der Waals surface area contributed by atoms with Gasteiger partial charge in [0.25, 0.3) is 0 Å². The van der Waals surface area contributed by atoms with Gasteiger partial charge in [-0.25, -0.2) is 4.98 Å². The molecule has 0 bridgehead atoms. The van der Waals surface area contributed by atoms with Crippen LogP contribution >= 0.6 is 0 Å². The van der Waals surface area contributed by atoms with Crippen LogP contribution in [0.1, 0.15) is 109 Å². The van der Waals surface area contributed by atoms with Crippen molar-refractivity contribution in [2.45, 2.75) is 99.3 Å². The molecule has 0 atom stereocenters. The highest BCUT2D eigenvalue weighted by atomic mass is 15.2. The number of nitrogens with one attached hydrogen (secondary N) is 2. The van der Waals surface area contributed by atoms with Gasteiger partial charge in [-0.3, -0.25) is 9.98 Å². The molecule has 0 saturated heterocycles. The van der Waals surface area contributed by atoms with E-state index < -0.39 is 0 Å². The Morgan fingerprint density at radius 1 is 0.837 bits per heavy atom. The van der Waals surface area contributed by atoms with Crippen molar-refractivity contribution in [3.8, 4) is 0 Å². The van der Waals surface area contributed by atoms with Crippen molar-refractivity contribution in [3.63, 3.8) is 0 Å². The number of nitrogens with zero attached hydrogens (tertiary/aromatic N) is 4. The molecule has 0 amide bonds. The second-order valence-electron chi connectivity index (χ2n) is 12.3. The number of rotatable bonds is 20. The first-order chi connectivity index (χ1) is 23.7. The van der Waals surface area contributed by atoms with Gasteiger partial charge in [0.2, 0.25) is 0 Å². The average Bonchev–Trinajstić information content (AvgIpc) is 3.12. The highest BCUT2D eigenvalue weighted by Gasteiger charge is 2.15. The molecule has 0 fully saturated rings. The van der Waals surface area contributed by atoms with Gasteiger partial charge in [-0.05, 0) is 93.1 Å². The van der Waals surface area contributed by atoms with Crippen LogP contribution in [0.5, 0.6) is 0 Å². The minimum Gasteiger partial charge on any atom is -0.380 e. The largest absolute Gasteiger partial charge is 0.380 e. The van der Waals surface area contributed by atoms with E-state index >= 15 is 0 Å². The third kappa shape index (κ3) is 14.3. The topological polar surface area (TPSA) is 64.9 Å². The molecule has 0 aliphatic rings. The summed E-state index contributed by atoms with van der Waals surface area (Å²) in [5.41, 5.74) is 9.31. The number of hydrogen-bond acceptors (Lipinski definition) is 5. The summed E-state index contributed by atoms with van der Waals surface area (Å²) in [4.78, 5) is 16.3. The maximum absolute atomic E-state index is 5.01. The van der Waals surface area contributed by atoms with Crippen LogP contribution in [0.4, 0.5) is 17.2 Å². The van der Waals surface area contributed by atoms with E-state index in [-0.39, 0.29) is 0 Å². The lowest BCUT2D eigenvalue weighted by atomic mass is 10.1. The van der Waals surface area contributed by atoms with E-state index in [1.54, 1.807) is 0 Å². The number of anilines is 2. The molecule has 1 heterocycles. The summed E-state index contributed by atoms with van der Waals surface area (Å²) in [6.07, 6.45) is 12.1. The first-order valence-corrected chi connectivity index (χ1v) is 18.2. The minimum absolute atomic E-state index is 0.630. The third-order valence-corrected chi connectivity index (χ3v) is 8.21. The van der Waals surface area contributed by atoms with Crippen LogP contribution in [-0.4, -0.2) is 36.7 Å². The minimum atomic E-state index is 0.630. The molecule has 0 radical (unpaired) electrons. The molecular formula is C43H62N6. The van der Waals surface area contributed by atoms with Crippen LogP contribution in [0.2, 0.25) is 0 Å². The monoisotopic (exact) mass is 663 g/mol. The average molecular weight is 663 g/mol. The van der Waals surface area contributed by atoms with Gasteiger partial charge >= 0.3 is 0 Å². The number of aromatic nitrogens is 1. The van der Waals surface area contributed by atoms with Gasteiger partial charge in [-0.2, -0.15) is 0 Å². The molecule has 3 aromatic rings. The second-order valence-corrected chi connectivity index (χ2v) is 12.3. The molecule has 6 heteroatoms. The van der Waals surface area contributed by atoms with Crippen molar-refractivity contribution in [2.75, 3.05) is 30.4 Å². The third-order valence-electron chi connectivity index (χ3n) is 8.21. The molecule has 6 nitrogen and oxygen atoms in total. The highest BCUT2D eigenvalue weighted by Crippen LogP contribution is 2.29. The Bertz CT molecular complexity index is 1500. The van der Waals surface area contributed by atoms with E-state index in [2.05, 4.69) is 115 Å². The maximum Gasteiger partial charge on any atom is 0.132 e. The van der Waals surface area contributed by atoms with E-state index in [1.807, 2.05) is 45.3 Å². The van der Waals surface area contributed by atoms with Crippen molar-refractivity contribution in [1.29, 1.82) is 0 Å². The number of amidine groups is 1. The number of aliphatic imine (C=N–C) groups is 2. The molecule has 0 saturated carbocycles. The summed E-state index contributed by atoms with van der Waals surface area (Å²) in [5, 5.41) is 6.94. The number of aryl methyl sites for hydroxylation is 1. The van der Waals surface area contributed by atoms with Gasteiger partial charge in [0.1, 0.15) is 11.7 Å². The molecule has 1 aromatic heterocycles. The lowest BCUT2D eigenvalue weighted by Crippen LogP contribution is -2.23. The SMILES string of the molecule is C=C(CCC)CCN(C(=C)c1ccc(C)c(N=C(C)CNc2ccc(C(=NC)NC(=C)CCCCCCC)cc2)c1)c1ccccn1.CC. The Morgan fingerprint density at radius 2 is 1.55 bits per heavy atom. The highest BCUT2D eigenvalue weighted by molar-refractivity contribution is 6.00. The normalized spacial score (nSPS) is 11.3. The summed E-state index contributed by atoms with van der Waals surface area (Å²) in [5.74, 6) is 1.73. The van der Waals surface area contributed by atoms with E-state index in [4.69, 9.17) is 4.99 Å². The number of allylic oxidation sites excluding steroid dienone is 1. The fraction of sp³-hybridized carbons (Fsp3) is 0.419. The molecule has 0 spiro atoms. The van der Waals surface area contributed by atoms with Crippen LogP contribution < -0.4 is 15.5 Å². The van der Waals surface area contributed by atoms with E-state index in [9.17, 15) is 0 Å². The zero-order chi connectivity index (χ0) is 36.0. The predicted molar refractivity (Wildman–Crippen MR) is 218 cm³/mol. The molecular weight excluding hydrogens is 601 g/mol. The number of unbranched alkanes of at least 4 members (excludes halogenated alkanes) is 4. The van der Waals surface area contributed by atoms with Crippen LogP contribution in [0.25, 0.3) is 5.70 Å². The quantitative estimate of drug-likeness (QED) is 0.0547. The van der Waals surface area contributed by atoms with Gasteiger partial charge in [-0.1, -0.05) is 103 Å². The Balaban J connectivity index is 0.00000409. The second kappa shape index (κ2) is 23.0. The summed E-state index contributed by atoms with van der Waals surface area (Å²) < 4.78 is 0. The van der Waals surface area contributed by atoms with Crippen molar-refractivity contribution in [1.82, 2.24) is 10.3 Å². The molecule has 2 N–H and O–H groups in total. The molecule has 0 aliphatic heterocycles. The number of benzene rings is 2. The lowest BCUT2D eigenvalue weighted by molar-refractivity contribution is 0.626. The Labute approximate surface area is 298 Å². The van der Waals surface area contributed by atoms with Crippen LogP contribution in [-0.2, 0) is 0 Å². The molecule has 0 unspecified atom stereocenters. The van der Waals surface area contributed by atoms with Gasteiger partial charge in [0, 0.05) is 48.1 Å². The molecule has 3 rings (SSSR count). The van der Waals surface area contributed by atoms with E-state index in [1.165, 1.54) is 31.3 Å². The lowest BCUT2D eigenvalue weighted by Gasteiger charge is -2.27. The first-order valence-electron chi connectivity index (χ1n) is 18.2. The van der Waals surface area contributed by atoms with Crippen molar-refractivity contribution in [2.24, 2.45) is 9.98 Å². The summed E-state index contributed by atoms with van der Waals surface area (Å²) in [6, 6.07) is 20.7. The standard InChI is InChI=1S/C41H56N6.C2H6/c1-9-11-12-13-14-18-33(5)46-41(42-8)36-22-24-38(25-23-36)44-30-34(6)45-39-29-37(21-20-32(39)4)35(7)47(28-26-31(3)17-10-2)40-19-15-16-27-43-40;1-2/h15-16,19-25,27,29,44H,3,5,7,9-14,17-18,26,28,30H2,1-2,4,6,8H3,(H,42,46);1-2H3. The fourth-order valence-electron chi connectivity index (χ4n) is 5.36. The Morgan fingerprint density at radius 3 is 2.20 bits per heavy atom. The Hall–Kier alpha value is -4.45. The van der Waals surface area contributed by atoms with Gasteiger partial charge in [0.15, 0.2) is 0 Å². The predicted octanol–water partition coefficient (Wildman–Crippen LogP) is 11.7. The Kier molecular flexibility index (Phi) is 19.1. The van der Waals surface area contributed by atoms with Crippen molar-refractivity contribution < 1.29 is 0 Å². The van der Waals surface area contributed by atoms with Crippen molar-refractivity contribution >= 4 is 34.4 Å². The van der Waals surface area contributed by atoms with Crippen LogP contribution in [0.3, 0.4) is 0 Å². The van der Waals surface area contributed by atoms with Crippen molar-refractivity contribution in [3.05, 3.63) is 115 Å². The van der Waals surface area contributed by atoms with E-state index in [0.29, 0.717) is 6.54 Å². The van der Waals surface area contributed by atoms with Gasteiger partial charge < -0.3 is 15.5 Å². The molecule has 2 aromatic carbocycles. The zero-order valence-corrected chi connectivity index (χ0v) is 31.5. The van der Waals surface area contributed by atoms with E-state index in [0.717, 1.165) is 95.5 Å². The maximum atomic E-state index is 5.01.